The third-order valence-electron chi connectivity index (χ3n) is 6.63. The number of amides is 1. The smallest absolute Gasteiger partial charge is 0.231 e. The van der Waals surface area contributed by atoms with E-state index in [1.165, 1.54) is 31.5 Å². The van der Waals surface area contributed by atoms with Gasteiger partial charge in [0.15, 0.2) is 11.5 Å². The SMILES string of the molecule is CCCC(=O)NC1CCC(CCN2CCN(c3cccc4c3OCO4)CC2)CC1. The van der Waals surface area contributed by atoms with Crippen LogP contribution in [-0.2, 0) is 4.79 Å². The fourth-order valence-electron chi connectivity index (χ4n) is 4.86. The predicted octanol–water partition coefficient (Wildman–Crippen LogP) is 3.40. The van der Waals surface area contributed by atoms with Gasteiger partial charge in [0, 0.05) is 38.6 Å². The van der Waals surface area contributed by atoms with E-state index in [0.29, 0.717) is 19.3 Å². The first kappa shape index (κ1) is 20.3. The third-order valence-corrected chi connectivity index (χ3v) is 6.63. The average molecular weight is 402 g/mol. The number of piperazine rings is 1. The molecular formula is C23H35N3O3. The van der Waals surface area contributed by atoms with Crippen LogP contribution in [0.4, 0.5) is 5.69 Å². The van der Waals surface area contributed by atoms with Gasteiger partial charge < -0.3 is 19.7 Å². The fourth-order valence-corrected chi connectivity index (χ4v) is 4.86. The number of carbonyl (C=O) groups is 1. The zero-order valence-corrected chi connectivity index (χ0v) is 17.7. The Morgan fingerprint density at radius 3 is 2.66 bits per heavy atom. The van der Waals surface area contributed by atoms with Crippen LogP contribution in [0.15, 0.2) is 18.2 Å². The van der Waals surface area contributed by atoms with Crippen molar-refractivity contribution in [3.8, 4) is 11.5 Å². The molecule has 3 aliphatic rings. The molecule has 2 heterocycles. The molecule has 2 aliphatic heterocycles. The molecule has 0 radical (unpaired) electrons. The van der Waals surface area contributed by atoms with Crippen molar-refractivity contribution in [1.29, 1.82) is 0 Å². The van der Waals surface area contributed by atoms with E-state index in [-0.39, 0.29) is 5.91 Å². The van der Waals surface area contributed by atoms with Crippen molar-refractivity contribution in [1.82, 2.24) is 10.2 Å². The summed E-state index contributed by atoms with van der Waals surface area (Å²) in [5, 5.41) is 3.21. The molecule has 1 N–H and O–H groups in total. The molecule has 4 rings (SSSR count). The summed E-state index contributed by atoms with van der Waals surface area (Å²) >= 11 is 0. The number of para-hydroxylation sites is 1. The first-order valence-corrected chi connectivity index (χ1v) is 11.4. The van der Waals surface area contributed by atoms with Gasteiger partial charge in [-0.2, -0.15) is 0 Å². The lowest BCUT2D eigenvalue weighted by atomic mass is 9.84. The van der Waals surface area contributed by atoms with Crippen LogP contribution >= 0.6 is 0 Å². The second-order valence-electron chi connectivity index (χ2n) is 8.66. The quantitative estimate of drug-likeness (QED) is 0.759. The summed E-state index contributed by atoms with van der Waals surface area (Å²) in [4.78, 5) is 16.8. The van der Waals surface area contributed by atoms with Crippen molar-refractivity contribution in [2.75, 3.05) is 44.4 Å². The molecule has 0 spiro atoms. The minimum absolute atomic E-state index is 0.231. The van der Waals surface area contributed by atoms with E-state index in [1.807, 2.05) is 6.07 Å². The van der Waals surface area contributed by atoms with E-state index in [9.17, 15) is 4.79 Å². The van der Waals surface area contributed by atoms with Crippen molar-refractivity contribution in [2.45, 2.75) is 57.9 Å². The summed E-state index contributed by atoms with van der Waals surface area (Å²) in [6.45, 7) is 7.87. The Bertz CT molecular complexity index is 680. The Balaban J connectivity index is 1.16. The summed E-state index contributed by atoms with van der Waals surface area (Å²) in [6, 6.07) is 6.58. The van der Waals surface area contributed by atoms with Crippen molar-refractivity contribution < 1.29 is 14.3 Å². The molecule has 6 nitrogen and oxygen atoms in total. The molecule has 0 atom stereocenters. The lowest BCUT2D eigenvalue weighted by Crippen LogP contribution is -2.47. The van der Waals surface area contributed by atoms with E-state index >= 15 is 0 Å². The molecule has 160 valence electrons. The highest BCUT2D eigenvalue weighted by atomic mass is 16.7. The van der Waals surface area contributed by atoms with E-state index in [4.69, 9.17) is 9.47 Å². The first-order valence-electron chi connectivity index (χ1n) is 11.4. The number of hydrogen-bond donors (Lipinski definition) is 1. The van der Waals surface area contributed by atoms with Crippen LogP contribution in [0, 0.1) is 5.92 Å². The van der Waals surface area contributed by atoms with Crippen LogP contribution < -0.4 is 19.7 Å². The summed E-state index contributed by atoms with van der Waals surface area (Å²) in [6.07, 6.45) is 7.69. The second kappa shape index (κ2) is 9.70. The summed E-state index contributed by atoms with van der Waals surface area (Å²) < 4.78 is 11.2. The zero-order valence-electron chi connectivity index (χ0n) is 17.7. The molecule has 0 bridgehead atoms. The average Bonchev–Trinajstić information content (AvgIpc) is 3.23. The maximum atomic E-state index is 11.8. The van der Waals surface area contributed by atoms with Crippen LogP contribution in [0.3, 0.4) is 0 Å². The molecule has 6 heteroatoms. The summed E-state index contributed by atoms with van der Waals surface area (Å²) in [5.74, 6) is 2.82. The van der Waals surface area contributed by atoms with Gasteiger partial charge in [-0.25, -0.2) is 0 Å². The van der Waals surface area contributed by atoms with Gasteiger partial charge in [-0.15, -0.1) is 0 Å². The lowest BCUT2D eigenvalue weighted by Gasteiger charge is -2.37. The number of carbonyl (C=O) groups excluding carboxylic acids is 1. The minimum Gasteiger partial charge on any atom is -0.454 e. The number of anilines is 1. The van der Waals surface area contributed by atoms with Crippen molar-refractivity contribution in [2.24, 2.45) is 5.92 Å². The van der Waals surface area contributed by atoms with Gasteiger partial charge in [0.05, 0.1) is 5.69 Å². The van der Waals surface area contributed by atoms with Crippen LogP contribution in [0.1, 0.15) is 51.9 Å². The predicted molar refractivity (Wildman–Crippen MR) is 115 cm³/mol. The zero-order chi connectivity index (χ0) is 20.1. The van der Waals surface area contributed by atoms with Crippen LogP contribution in [-0.4, -0.2) is 56.4 Å². The molecule has 0 unspecified atom stereocenters. The minimum atomic E-state index is 0.231. The molecule has 0 aromatic heterocycles. The Morgan fingerprint density at radius 1 is 1.10 bits per heavy atom. The largest absolute Gasteiger partial charge is 0.454 e. The number of hydrogen-bond acceptors (Lipinski definition) is 5. The molecule has 2 fully saturated rings. The summed E-state index contributed by atoms with van der Waals surface area (Å²) in [7, 11) is 0. The number of fused-ring (bicyclic) bond motifs is 1. The number of nitrogens with one attached hydrogen (secondary N) is 1. The molecule has 1 amide bonds. The van der Waals surface area contributed by atoms with Gasteiger partial charge in [-0.1, -0.05) is 13.0 Å². The molecule has 1 aliphatic carbocycles. The number of benzene rings is 1. The standard InChI is InChI=1S/C23H35N3O3/c1-2-4-22(27)24-19-9-7-18(8-10-19)11-12-25-13-15-26(16-14-25)20-5-3-6-21-23(20)29-17-28-21/h3,5-6,18-19H,2,4,7-17H2,1H3,(H,24,27). The highest BCUT2D eigenvalue weighted by Gasteiger charge is 2.26. The number of ether oxygens (including phenoxy) is 2. The molecule has 29 heavy (non-hydrogen) atoms. The van der Waals surface area contributed by atoms with E-state index in [1.54, 1.807) is 0 Å². The van der Waals surface area contributed by atoms with Gasteiger partial charge in [0.1, 0.15) is 0 Å². The molecule has 1 aromatic rings. The Kier molecular flexibility index (Phi) is 6.80. The fraction of sp³-hybridized carbons (Fsp3) is 0.696. The van der Waals surface area contributed by atoms with Gasteiger partial charge >= 0.3 is 0 Å². The maximum absolute atomic E-state index is 11.8. The van der Waals surface area contributed by atoms with Crippen LogP contribution in [0.2, 0.25) is 0 Å². The van der Waals surface area contributed by atoms with Crippen molar-refractivity contribution in [3.05, 3.63) is 18.2 Å². The molecule has 1 aromatic carbocycles. The van der Waals surface area contributed by atoms with Gasteiger partial charge in [-0.05, 0) is 63.1 Å². The molecular weight excluding hydrogens is 366 g/mol. The van der Waals surface area contributed by atoms with E-state index < -0.39 is 0 Å². The Hall–Kier alpha value is -1.95. The first-order chi connectivity index (χ1) is 14.2. The topological polar surface area (TPSA) is 54.0 Å². The monoisotopic (exact) mass is 401 g/mol. The van der Waals surface area contributed by atoms with Crippen LogP contribution in [0.5, 0.6) is 11.5 Å². The molecule has 1 saturated carbocycles. The van der Waals surface area contributed by atoms with Gasteiger partial charge in [-0.3, -0.25) is 9.69 Å². The maximum Gasteiger partial charge on any atom is 0.231 e. The van der Waals surface area contributed by atoms with Crippen molar-refractivity contribution in [3.63, 3.8) is 0 Å². The normalized spacial score (nSPS) is 24.5. The lowest BCUT2D eigenvalue weighted by molar-refractivity contribution is -0.122. The Labute approximate surface area is 174 Å². The third kappa shape index (κ3) is 5.16. The van der Waals surface area contributed by atoms with Gasteiger partial charge in [0.2, 0.25) is 12.7 Å². The number of nitrogens with zero attached hydrogens (tertiary/aromatic N) is 2. The van der Waals surface area contributed by atoms with E-state index in [2.05, 4.69) is 34.2 Å². The van der Waals surface area contributed by atoms with E-state index in [0.717, 1.165) is 62.9 Å². The van der Waals surface area contributed by atoms with Gasteiger partial charge in [0.25, 0.3) is 0 Å². The van der Waals surface area contributed by atoms with Crippen molar-refractivity contribution >= 4 is 11.6 Å². The number of rotatable bonds is 7. The highest BCUT2D eigenvalue weighted by Crippen LogP contribution is 2.41. The van der Waals surface area contributed by atoms with Crippen LogP contribution in [0.25, 0.3) is 0 Å². The molecule has 1 saturated heterocycles. The Morgan fingerprint density at radius 2 is 1.90 bits per heavy atom. The highest BCUT2D eigenvalue weighted by molar-refractivity contribution is 5.76. The second-order valence-corrected chi connectivity index (χ2v) is 8.66. The summed E-state index contributed by atoms with van der Waals surface area (Å²) in [5.41, 5.74) is 1.17.